The number of pyridine rings is 2. The van der Waals surface area contributed by atoms with E-state index < -0.39 is 0 Å². The Bertz CT molecular complexity index is 2010. The predicted octanol–water partition coefficient (Wildman–Crippen LogP) is 6.21. The number of anilines is 2. The molecule has 0 fully saturated rings. The van der Waals surface area contributed by atoms with E-state index in [2.05, 4.69) is 37.9 Å². The van der Waals surface area contributed by atoms with Crippen molar-refractivity contribution in [1.29, 1.82) is 0 Å². The van der Waals surface area contributed by atoms with Crippen LogP contribution in [0.25, 0.3) is 41.6 Å². The van der Waals surface area contributed by atoms with Crippen LogP contribution in [0, 0.1) is 0 Å². The fourth-order valence-corrected chi connectivity index (χ4v) is 10.4. The number of fused-ring (bicyclic) bond motifs is 4. The lowest BCUT2D eigenvalue weighted by atomic mass is 10.0. The second kappa shape index (κ2) is 14.4. The number of amides is 2. The molecule has 0 unspecified atom stereocenters. The van der Waals surface area contributed by atoms with Gasteiger partial charge in [-0.1, -0.05) is 0 Å². The average molecular weight is 705 g/mol. The van der Waals surface area contributed by atoms with E-state index in [1.165, 1.54) is 20.9 Å². The van der Waals surface area contributed by atoms with Gasteiger partial charge in [0.2, 0.25) is 11.8 Å². The van der Waals surface area contributed by atoms with Crippen LogP contribution in [-0.4, -0.2) is 63.6 Å². The standard InChI is InChI=1S/C16H16N4OS2.C15H14N4OS2.CH2O/c1-9(21)18-15-14(10-4-6-20(2)8-13(10)23-15)16-19-11-7-17-5-3-12(11)22-16;1-8(20)18-14-13(9-2-4-17-7-12(9)22-14)15-19-10-6-16-5-3-11(10)21-15;1-2/h3,5,7H,4,6,8H2,1-2H3,(H,18,21);3,5-6,17H,2,4,7H2,1H3,(H,18,20);1H2. The first-order valence-electron chi connectivity index (χ1n) is 14.8. The number of nitrogens with zero attached hydrogens (tertiary/aromatic N) is 5. The molecule has 2 aliphatic heterocycles. The van der Waals surface area contributed by atoms with Crippen LogP contribution in [0.15, 0.2) is 36.9 Å². The summed E-state index contributed by atoms with van der Waals surface area (Å²) in [6.07, 6.45) is 9.11. The third-order valence-electron chi connectivity index (χ3n) is 7.56. The minimum Gasteiger partial charge on any atom is -0.317 e. The van der Waals surface area contributed by atoms with Crippen molar-refractivity contribution in [3.63, 3.8) is 0 Å². The Morgan fingerprint density at radius 2 is 1.34 bits per heavy atom. The van der Waals surface area contributed by atoms with Gasteiger partial charge in [0, 0.05) is 66.8 Å². The third kappa shape index (κ3) is 7.00. The van der Waals surface area contributed by atoms with Gasteiger partial charge in [-0.15, -0.1) is 45.3 Å². The molecule has 2 amide bonds. The Labute approximate surface area is 287 Å². The van der Waals surface area contributed by atoms with Crippen LogP contribution in [0.5, 0.6) is 0 Å². The predicted molar refractivity (Wildman–Crippen MR) is 193 cm³/mol. The molecule has 0 aliphatic carbocycles. The summed E-state index contributed by atoms with van der Waals surface area (Å²) in [5.74, 6) is -0.0865. The molecule has 0 saturated heterocycles. The molecule has 0 spiro atoms. The average Bonchev–Trinajstić information content (AvgIpc) is 3.83. The molecule has 11 nitrogen and oxygen atoms in total. The molecule has 3 N–H and O–H groups in total. The molecule has 242 valence electrons. The lowest BCUT2D eigenvalue weighted by Gasteiger charge is -2.22. The Balaban J connectivity index is 0.000000156. The van der Waals surface area contributed by atoms with Gasteiger partial charge < -0.3 is 25.6 Å². The fraction of sp³-hybridized carbons (Fsp3) is 0.281. The van der Waals surface area contributed by atoms with Gasteiger partial charge in [0.15, 0.2) is 0 Å². The number of hydrogen-bond acceptors (Lipinski definition) is 13. The van der Waals surface area contributed by atoms with E-state index in [1.807, 2.05) is 18.9 Å². The zero-order chi connectivity index (χ0) is 33.1. The van der Waals surface area contributed by atoms with Crippen molar-refractivity contribution in [2.24, 2.45) is 0 Å². The summed E-state index contributed by atoms with van der Waals surface area (Å²) in [6.45, 7) is 8.88. The zero-order valence-corrected chi connectivity index (χ0v) is 29.3. The maximum absolute atomic E-state index is 11.6. The lowest BCUT2D eigenvalue weighted by molar-refractivity contribution is -0.115. The highest BCUT2D eigenvalue weighted by Gasteiger charge is 2.27. The van der Waals surface area contributed by atoms with Crippen molar-refractivity contribution in [1.82, 2.24) is 30.2 Å². The highest BCUT2D eigenvalue weighted by molar-refractivity contribution is 7.23. The first kappa shape index (κ1) is 32.9. The molecule has 0 atom stereocenters. The highest BCUT2D eigenvalue weighted by atomic mass is 32.1. The molecule has 0 radical (unpaired) electrons. The van der Waals surface area contributed by atoms with E-state index in [-0.39, 0.29) is 11.8 Å². The van der Waals surface area contributed by atoms with Crippen molar-refractivity contribution >= 4 is 94.4 Å². The SMILES string of the molecule is C=O.CC(=O)Nc1sc2c(c1-c1nc3cnccc3s1)CCN(C)C2.CC(=O)Nc1sc2c(c1-c1nc3cnccc3s1)CCNC2. The molecular weight excluding hydrogens is 673 g/mol. The zero-order valence-electron chi connectivity index (χ0n) is 26.0. The summed E-state index contributed by atoms with van der Waals surface area (Å²) < 4.78 is 2.24. The van der Waals surface area contributed by atoms with Crippen molar-refractivity contribution < 1.29 is 14.4 Å². The number of thiazole rings is 2. The second-order valence-corrected chi connectivity index (χ2v) is 15.2. The normalized spacial score (nSPS) is 13.9. The number of carbonyl (C=O) groups excluding carboxylic acids is 3. The summed E-state index contributed by atoms with van der Waals surface area (Å²) >= 11 is 6.64. The highest BCUT2D eigenvalue weighted by Crippen LogP contribution is 2.46. The van der Waals surface area contributed by atoms with E-state index in [0.717, 1.165) is 90.6 Å². The Kier molecular flexibility index (Phi) is 10.1. The van der Waals surface area contributed by atoms with Crippen LogP contribution in [0.4, 0.5) is 10.0 Å². The molecule has 6 aromatic rings. The number of likely N-dealkylation sites (N-methyl/N-ethyl adjacent to an activating group) is 1. The van der Waals surface area contributed by atoms with Crippen molar-refractivity contribution in [2.45, 2.75) is 39.8 Å². The van der Waals surface area contributed by atoms with E-state index in [1.54, 1.807) is 84.0 Å². The largest absolute Gasteiger partial charge is 0.317 e. The number of nitrogens with one attached hydrogen (secondary N) is 3. The van der Waals surface area contributed by atoms with Crippen LogP contribution < -0.4 is 16.0 Å². The van der Waals surface area contributed by atoms with Gasteiger partial charge >= 0.3 is 0 Å². The maximum Gasteiger partial charge on any atom is 0.221 e. The molecule has 2 aliphatic rings. The quantitative estimate of drug-likeness (QED) is 0.195. The van der Waals surface area contributed by atoms with Crippen molar-refractivity contribution in [3.05, 3.63) is 57.8 Å². The van der Waals surface area contributed by atoms with Gasteiger partial charge in [-0.2, -0.15) is 0 Å². The van der Waals surface area contributed by atoms with Crippen LogP contribution >= 0.6 is 45.3 Å². The van der Waals surface area contributed by atoms with Gasteiger partial charge in [-0.3, -0.25) is 19.6 Å². The maximum atomic E-state index is 11.6. The van der Waals surface area contributed by atoms with Crippen LogP contribution in [-0.2, 0) is 40.3 Å². The number of thiophene rings is 2. The van der Waals surface area contributed by atoms with Gasteiger partial charge in [0.05, 0.1) is 21.8 Å². The van der Waals surface area contributed by atoms with Crippen LogP contribution in [0.3, 0.4) is 0 Å². The van der Waals surface area contributed by atoms with E-state index in [0.29, 0.717) is 0 Å². The first-order chi connectivity index (χ1) is 22.8. The monoisotopic (exact) mass is 704 g/mol. The molecule has 47 heavy (non-hydrogen) atoms. The van der Waals surface area contributed by atoms with Crippen molar-refractivity contribution in [2.75, 3.05) is 30.8 Å². The summed E-state index contributed by atoms with van der Waals surface area (Å²) in [7, 11) is 2.13. The first-order valence-corrected chi connectivity index (χ1v) is 18.0. The Morgan fingerprint density at radius 1 is 0.809 bits per heavy atom. The lowest BCUT2D eigenvalue weighted by Crippen LogP contribution is -2.25. The Hall–Kier alpha value is -3.99. The molecule has 8 rings (SSSR count). The molecular formula is C32H32N8O3S4. The second-order valence-electron chi connectivity index (χ2n) is 10.9. The van der Waals surface area contributed by atoms with Crippen LogP contribution in [0.1, 0.15) is 34.7 Å². The van der Waals surface area contributed by atoms with Gasteiger partial charge in [-0.05, 0) is 49.7 Å². The number of aromatic nitrogens is 4. The van der Waals surface area contributed by atoms with Gasteiger partial charge in [-0.25, -0.2) is 9.97 Å². The van der Waals surface area contributed by atoms with E-state index in [4.69, 9.17) is 14.8 Å². The molecule has 15 heteroatoms. The molecule has 6 aromatic heterocycles. The summed E-state index contributed by atoms with van der Waals surface area (Å²) in [6, 6.07) is 3.97. The third-order valence-corrected chi connectivity index (χ3v) is 11.9. The smallest absolute Gasteiger partial charge is 0.221 e. The number of rotatable bonds is 4. The van der Waals surface area contributed by atoms with Crippen LogP contribution in [0.2, 0.25) is 0 Å². The molecule has 0 saturated carbocycles. The van der Waals surface area contributed by atoms with Gasteiger partial charge in [0.1, 0.15) is 37.8 Å². The molecule has 8 heterocycles. The summed E-state index contributed by atoms with van der Waals surface area (Å²) in [5.41, 5.74) is 6.68. The number of carbonyl (C=O) groups is 3. The topological polar surface area (TPSA) is 142 Å². The Morgan fingerprint density at radius 3 is 1.87 bits per heavy atom. The van der Waals surface area contributed by atoms with E-state index in [9.17, 15) is 9.59 Å². The van der Waals surface area contributed by atoms with Gasteiger partial charge in [0.25, 0.3) is 0 Å². The fourth-order valence-electron chi connectivity index (χ4n) is 5.59. The molecule has 0 bridgehead atoms. The summed E-state index contributed by atoms with van der Waals surface area (Å²) in [5, 5.41) is 13.1. The minimum atomic E-state index is -0.0458. The van der Waals surface area contributed by atoms with E-state index >= 15 is 0 Å². The summed E-state index contributed by atoms with van der Waals surface area (Å²) in [4.78, 5) is 53.8. The minimum absolute atomic E-state index is 0.0408. The molecule has 0 aromatic carbocycles. The van der Waals surface area contributed by atoms with Crippen molar-refractivity contribution in [3.8, 4) is 21.1 Å². The number of hydrogen-bond donors (Lipinski definition) is 3.